The minimum atomic E-state index is -0.490. The molecule has 1 atom stereocenters. The van der Waals surface area contributed by atoms with Gasteiger partial charge in [-0.25, -0.2) is 9.78 Å². The van der Waals surface area contributed by atoms with Crippen LogP contribution in [0.4, 0.5) is 10.5 Å². The summed E-state index contributed by atoms with van der Waals surface area (Å²) < 4.78 is 11.0. The lowest BCUT2D eigenvalue weighted by atomic mass is 9.94. The molecule has 0 aromatic carbocycles. The molecular weight excluding hydrogens is 338 g/mol. The van der Waals surface area contributed by atoms with Crippen LogP contribution in [0.5, 0.6) is 5.88 Å². The number of pyridine rings is 1. The normalized spacial score (nSPS) is 17.7. The Labute approximate surface area is 153 Å². The molecule has 0 unspecified atom stereocenters. The van der Waals surface area contributed by atoms with Crippen molar-refractivity contribution in [2.45, 2.75) is 52.1 Å². The summed E-state index contributed by atoms with van der Waals surface area (Å²) in [7, 11) is 0. The first-order valence-electron chi connectivity index (χ1n) is 8.96. The molecule has 1 aromatic rings. The number of hydrogen-bond acceptors (Lipinski definition) is 6. The van der Waals surface area contributed by atoms with Crippen molar-refractivity contribution in [3.63, 3.8) is 0 Å². The number of nitrogens with zero attached hydrogens (tertiary/aromatic N) is 3. The number of carbonyl (C=O) groups excluding carboxylic acids is 1. The largest absolute Gasteiger partial charge is 0.478 e. The number of rotatable bonds is 6. The maximum absolute atomic E-state index is 12.2. The lowest BCUT2D eigenvalue weighted by Crippen LogP contribution is -2.42. The van der Waals surface area contributed by atoms with Crippen LogP contribution in [0.15, 0.2) is 18.3 Å². The summed E-state index contributed by atoms with van der Waals surface area (Å²) in [6, 6.07) is 2.88. The van der Waals surface area contributed by atoms with Crippen LogP contribution < -0.4 is 4.74 Å². The van der Waals surface area contributed by atoms with Gasteiger partial charge in [-0.1, -0.05) is 0 Å². The highest BCUT2D eigenvalue weighted by Gasteiger charge is 2.27. The summed E-state index contributed by atoms with van der Waals surface area (Å²) in [6.45, 7) is 7.56. The third-order valence-electron chi connectivity index (χ3n) is 4.11. The molecule has 1 aromatic heterocycles. The molecule has 2 rings (SSSR count). The van der Waals surface area contributed by atoms with Crippen molar-refractivity contribution in [1.82, 2.24) is 9.88 Å². The predicted octanol–water partition coefficient (Wildman–Crippen LogP) is 3.80. The number of likely N-dealkylation sites (tertiary alicyclic amines) is 1. The zero-order chi connectivity index (χ0) is 19.2. The van der Waals surface area contributed by atoms with E-state index in [1.807, 2.05) is 20.8 Å². The minimum absolute atomic E-state index is 0.0539. The molecule has 1 saturated heterocycles. The molecule has 1 aliphatic rings. The third-order valence-corrected chi connectivity index (χ3v) is 4.11. The molecule has 0 spiro atoms. The van der Waals surface area contributed by atoms with Gasteiger partial charge in [0.25, 0.3) is 5.69 Å². The van der Waals surface area contributed by atoms with Crippen LogP contribution in [0.1, 0.15) is 46.5 Å². The lowest BCUT2D eigenvalue weighted by molar-refractivity contribution is -0.385. The molecular formula is C18H27N3O5. The van der Waals surface area contributed by atoms with E-state index in [1.54, 1.807) is 4.90 Å². The Balaban J connectivity index is 1.70. The zero-order valence-electron chi connectivity index (χ0n) is 15.6. The first kappa shape index (κ1) is 19.9. The van der Waals surface area contributed by atoms with E-state index in [0.29, 0.717) is 24.9 Å². The molecule has 26 heavy (non-hydrogen) atoms. The number of amides is 1. The van der Waals surface area contributed by atoms with E-state index in [-0.39, 0.29) is 11.8 Å². The van der Waals surface area contributed by atoms with Crippen LogP contribution >= 0.6 is 0 Å². The topological polar surface area (TPSA) is 94.8 Å². The first-order chi connectivity index (χ1) is 12.2. The van der Waals surface area contributed by atoms with E-state index in [4.69, 9.17) is 9.47 Å². The van der Waals surface area contributed by atoms with E-state index in [9.17, 15) is 14.9 Å². The van der Waals surface area contributed by atoms with Gasteiger partial charge in [0.05, 0.1) is 11.5 Å². The number of ether oxygens (including phenoxy) is 2. The number of carbonyl (C=O) groups is 1. The standard InChI is InChI=1S/C18H27N3O5/c1-18(2,3)26-17(22)20-10-4-6-14(13-20)7-5-11-25-16-9-8-15(12-19-16)21(23)24/h8-9,12,14H,4-7,10-11,13H2,1-3H3/t14-/m0/s1. The van der Waals surface area contributed by atoms with Crippen molar-refractivity contribution >= 4 is 11.8 Å². The Kier molecular flexibility index (Phi) is 6.76. The van der Waals surface area contributed by atoms with Gasteiger partial charge in [0.2, 0.25) is 5.88 Å². The Hall–Kier alpha value is -2.38. The number of hydrogen-bond donors (Lipinski definition) is 0. The van der Waals surface area contributed by atoms with Crippen molar-refractivity contribution in [3.05, 3.63) is 28.4 Å². The molecule has 8 nitrogen and oxygen atoms in total. The molecule has 144 valence electrons. The second kappa shape index (κ2) is 8.82. The third kappa shape index (κ3) is 6.50. The monoisotopic (exact) mass is 365 g/mol. The highest BCUT2D eigenvalue weighted by molar-refractivity contribution is 5.68. The first-order valence-corrected chi connectivity index (χ1v) is 8.96. The fourth-order valence-electron chi connectivity index (χ4n) is 2.91. The lowest BCUT2D eigenvalue weighted by Gasteiger charge is -2.34. The molecule has 1 fully saturated rings. The van der Waals surface area contributed by atoms with Crippen molar-refractivity contribution in [2.24, 2.45) is 5.92 Å². The van der Waals surface area contributed by atoms with Crippen molar-refractivity contribution in [3.8, 4) is 5.88 Å². The minimum Gasteiger partial charge on any atom is -0.478 e. The van der Waals surface area contributed by atoms with Crippen molar-refractivity contribution in [1.29, 1.82) is 0 Å². The van der Waals surface area contributed by atoms with Gasteiger partial charge in [0.15, 0.2) is 0 Å². The van der Waals surface area contributed by atoms with E-state index in [2.05, 4.69) is 4.98 Å². The van der Waals surface area contributed by atoms with Gasteiger partial charge in [0, 0.05) is 25.2 Å². The van der Waals surface area contributed by atoms with Gasteiger partial charge in [-0.3, -0.25) is 10.1 Å². The van der Waals surface area contributed by atoms with Crippen molar-refractivity contribution < 1.29 is 19.2 Å². The van der Waals surface area contributed by atoms with Gasteiger partial charge in [0.1, 0.15) is 11.8 Å². The van der Waals surface area contributed by atoms with Gasteiger partial charge in [-0.2, -0.15) is 0 Å². The van der Waals surface area contributed by atoms with Crippen LogP contribution in [0.25, 0.3) is 0 Å². The Morgan fingerprint density at radius 2 is 2.19 bits per heavy atom. The second-order valence-corrected chi connectivity index (χ2v) is 7.54. The molecule has 0 saturated carbocycles. The van der Waals surface area contributed by atoms with Gasteiger partial charge in [-0.05, 0) is 52.4 Å². The van der Waals surface area contributed by atoms with Gasteiger partial charge in [-0.15, -0.1) is 0 Å². The summed E-state index contributed by atoms with van der Waals surface area (Å²) in [4.78, 5) is 28.0. The van der Waals surface area contributed by atoms with E-state index < -0.39 is 10.5 Å². The van der Waals surface area contributed by atoms with Crippen LogP contribution in [-0.2, 0) is 4.74 Å². The summed E-state index contributed by atoms with van der Waals surface area (Å²) in [5, 5.41) is 10.6. The highest BCUT2D eigenvalue weighted by atomic mass is 16.6. The summed E-state index contributed by atoms with van der Waals surface area (Å²) in [5.74, 6) is 0.819. The average molecular weight is 365 g/mol. The van der Waals surface area contributed by atoms with Gasteiger partial charge >= 0.3 is 6.09 Å². The van der Waals surface area contributed by atoms with E-state index in [0.717, 1.165) is 32.2 Å². The SMILES string of the molecule is CC(C)(C)OC(=O)N1CCC[C@@H](CCCOc2ccc([N+](=O)[O-])cn2)C1. The van der Waals surface area contributed by atoms with Gasteiger partial charge < -0.3 is 14.4 Å². The fraction of sp³-hybridized carbons (Fsp3) is 0.667. The molecule has 1 aliphatic heterocycles. The summed E-state index contributed by atoms with van der Waals surface area (Å²) in [5.41, 5.74) is -0.530. The maximum atomic E-state index is 12.2. The van der Waals surface area contributed by atoms with Crippen LogP contribution in [0.2, 0.25) is 0 Å². The molecule has 0 bridgehead atoms. The van der Waals surface area contributed by atoms with E-state index in [1.165, 1.54) is 18.3 Å². The Morgan fingerprint density at radius 1 is 1.42 bits per heavy atom. The number of aromatic nitrogens is 1. The molecule has 1 amide bonds. The summed E-state index contributed by atoms with van der Waals surface area (Å²) >= 11 is 0. The molecule has 8 heteroatoms. The number of piperidine rings is 1. The van der Waals surface area contributed by atoms with Crippen LogP contribution in [0.3, 0.4) is 0 Å². The highest BCUT2D eigenvalue weighted by Crippen LogP contribution is 2.23. The Bertz CT molecular complexity index is 612. The smallest absolute Gasteiger partial charge is 0.410 e. The molecule has 2 heterocycles. The summed E-state index contributed by atoms with van der Waals surface area (Å²) in [6.07, 6.45) is 4.81. The van der Waals surface area contributed by atoms with Crippen molar-refractivity contribution in [2.75, 3.05) is 19.7 Å². The maximum Gasteiger partial charge on any atom is 0.410 e. The molecule has 0 N–H and O–H groups in total. The fourth-order valence-corrected chi connectivity index (χ4v) is 2.91. The molecule has 0 aliphatic carbocycles. The quantitative estimate of drug-likeness (QED) is 0.432. The van der Waals surface area contributed by atoms with E-state index >= 15 is 0 Å². The predicted molar refractivity (Wildman–Crippen MR) is 96.2 cm³/mol. The Morgan fingerprint density at radius 3 is 2.81 bits per heavy atom. The van der Waals surface area contributed by atoms with Crippen LogP contribution in [0, 0.1) is 16.0 Å². The second-order valence-electron chi connectivity index (χ2n) is 7.54. The zero-order valence-corrected chi connectivity index (χ0v) is 15.6. The number of nitro groups is 1. The van der Waals surface area contributed by atoms with Crippen LogP contribution in [-0.4, -0.2) is 46.2 Å². The molecule has 0 radical (unpaired) electrons. The average Bonchev–Trinajstić information content (AvgIpc) is 2.58.